The molecule has 0 saturated heterocycles. The Morgan fingerprint density at radius 1 is 1.07 bits per heavy atom. The molecular weight excluding hydrogens is 247 g/mol. The molecule has 1 aromatic rings. The standard InChI is InChI=1S/C7H4Cl2N2O4/c1-3-6(8)4(10(12)13)2-5(7(3)9)11(14)15/h2H,1H3. The summed E-state index contributed by atoms with van der Waals surface area (Å²) in [6.07, 6.45) is 0. The molecular formula is C7H4Cl2N2O4. The van der Waals surface area contributed by atoms with E-state index in [1.807, 2.05) is 0 Å². The Labute approximate surface area is 93.7 Å². The Morgan fingerprint density at radius 3 is 1.67 bits per heavy atom. The van der Waals surface area contributed by atoms with Crippen molar-refractivity contribution in [1.82, 2.24) is 0 Å². The van der Waals surface area contributed by atoms with Crippen molar-refractivity contribution in [2.45, 2.75) is 6.92 Å². The normalized spacial score (nSPS) is 10.1. The lowest BCUT2D eigenvalue weighted by Crippen LogP contribution is -1.97. The Balaban J connectivity index is 3.59. The minimum absolute atomic E-state index is 0.124. The molecule has 1 aromatic carbocycles. The fourth-order valence-corrected chi connectivity index (χ4v) is 1.49. The number of nitro groups is 2. The molecule has 0 heterocycles. The van der Waals surface area contributed by atoms with Gasteiger partial charge in [-0.3, -0.25) is 20.2 Å². The van der Waals surface area contributed by atoms with Crippen LogP contribution < -0.4 is 0 Å². The van der Waals surface area contributed by atoms with Crippen LogP contribution in [0.1, 0.15) is 5.56 Å². The van der Waals surface area contributed by atoms with Crippen LogP contribution in [0.15, 0.2) is 6.07 Å². The number of hydrogen-bond donors (Lipinski definition) is 0. The number of halogens is 2. The Hall–Kier alpha value is -1.40. The molecule has 0 aromatic heterocycles. The maximum Gasteiger partial charge on any atom is 0.295 e. The molecule has 1 rings (SSSR count). The first-order valence-corrected chi connectivity index (χ1v) is 4.39. The van der Waals surface area contributed by atoms with Crippen LogP contribution in [-0.4, -0.2) is 9.85 Å². The SMILES string of the molecule is Cc1c(Cl)c([N+](=O)[O-])cc([N+](=O)[O-])c1Cl. The maximum absolute atomic E-state index is 10.5. The highest BCUT2D eigenvalue weighted by molar-refractivity contribution is 6.38. The van der Waals surface area contributed by atoms with E-state index < -0.39 is 21.2 Å². The van der Waals surface area contributed by atoms with E-state index in [1.54, 1.807) is 0 Å². The lowest BCUT2D eigenvalue weighted by molar-refractivity contribution is -0.394. The van der Waals surface area contributed by atoms with Crippen LogP contribution in [0.25, 0.3) is 0 Å². The van der Waals surface area contributed by atoms with Gasteiger partial charge >= 0.3 is 0 Å². The number of benzene rings is 1. The average molecular weight is 251 g/mol. The van der Waals surface area contributed by atoms with Gasteiger partial charge in [0, 0.05) is 5.56 Å². The molecule has 0 aliphatic carbocycles. The molecule has 0 N–H and O–H groups in total. The maximum atomic E-state index is 10.5. The number of nitro benzene ring substituents is 2. The zero-order valence-electron chi connectivity index (χ0n) is 7.36. The Bertz CT molecular complexity index is 423. The zero-order valence-corrected chi connectivity index (χ0v) is 8.87. The highest BCUT2D eigenvalue weighted by Gasteiger charge is 2.25. The van der Waals surface area contributed by atoms with E-state index in [-0.39, 0.29) is 15.6 Å². The zero-order chi connectivity index (χ0) is 11.7. The van der Waals surface area contributed by atoms with Crippen LogP contribution in [0.4, 0.5) is 11.4 Å². The van der Waals surface area contributed by atoms with Gasteiger partial charge < -0.3 is 0 Å². The summed E-state index contributed by atoms with van der Waals surface area (Å²) in [5, 5.41) is 20.7. The largest absolute Gasteiger partial charge is 0.295 e. The molecule has 0 spiro atoms. The monoisotopic (exact) mass is 250 g/mol. The molecule has 0 amide bonds. The topological polar surface area (TPSA) is 86.3 Å². The Kier molecular flexibility index (Phi) is 3.11. The van der Waals surface area contributed by atoms with E-state index in [0.717, 1.165) is 6.07 Å². The number of hydrogen-bond acceptors (Lipinski definition) is 4. The minimum atomic E-state index is -0.793. The second kappa shape index (κ2) is 4.00. The van der Waals surface area contributed by atoms with Gasteiger partial charge in [-0.1, -0.05) is 23.2 Å². The van der Waals surface area contributed by atoms with Gasteiger partial charge in [0.1, 0.15) is 10.0 Å². The summed E-state index contributed by atoms with van der Waals surface area (Å²) in [6.45, 7) is 1.38. The molecule has 0 fully saturated rings. The number of rotatable bonds is 2. The minimum Gasteiger partial charge on any atom is -0.258 e. The molecule has 0 unspecified atom stereocenters. The van der Waals surface area contributed by atoms with E-state index in [1.165, 1.54) is 6.92 Å². The molecule has 0 aliphatic rings. The lowest BCUT2D eigenvalue weighted by atomic mass is 10.2. The first kappa shape index (κ1) is 11.7. The molecule has 6 nitrogen and oxygen atoms in total. The smallest absolute Gasteiger partial charge is 0.258 e. The summed E-state index contributed by atoms with van der Waals surface area (Å²) in [6, 6.07) is 0.748. The van der Waals surface area contributed by atoms with Gasteiger partial charge in [0.05, 0.1) is 15.9 Å². The summed E-state index contributed by atoms with van der Waals surface area (Å²) in [5.74, 6) is 0. The quantitative estimate of drug-likeness (QED) is 0.596. The molecule has 0 bridgehead atoms. The van der Waals surface area contributed by atoms with Gasteiger partial charge in [-0.15, -0.1) is 0 Å². The third-order valence-corrected chi connectivity index (χ3v) is 2.73. The molecule has 0 radical (unpaired) electrons. The summed E-state index contributed by atoms with van der Waals surface area (Å²) in [4.78, 5) is 19.4. The molecule has 80 valence electrons. The van der Waals surface area contributed by atoms with Crippen molar-refractivity contribution in [2.75, 3.05) is 0 Å². The molecule has 15 heavy (non-hydrogen) atoms. The van der Waals surface area contributed by atoms with Crippen molar-refractivity contribution >= 4 is 34.6 Å². The fourth-order valence-electron chi connectivity index (χ4n) is 1.00. The summed E-state index contributed by atoms with van der Waals surface area (Å²) < 4.78 is 0. The van der Waals surface area contributed by atoms with Crippen LogP contribution in [0.3, 0.4) is 0 Å². The lowest BCUT2D eigenvalue weighted by Gasteiger charge is -2.02. The van der Waals surface area contributed by atoms with Gasteiger partial charge in [0.25, 0.3) is 11.4 Å². The van der Waals surface area contributed by atoms with Crippen LogP contribution >= 0.6 is 23.2 Å². The van der Waals surface area contributed by atoms with E-state index in [0.29, 0.717) is 0 Å². The molecule has 0 saturated carbocycles. The summed E-state index contributed by atoms with van der Waals surface area (Å²) in [5.41, 5.74) is -0.922. The highest BCUT2D eigenvalue weighted by Crippen LogP contribution is 2.39. The number of nitrogens with zero attached hydrogens (tertiary/aromatic N) is 2. The van der Waals surface area contributed by atoms with Crippen molar-refractivity contribution in [3.63, 3.8) is 0 Å². The van der Waals surface area contributed by atoms with E-state index in [9.17, 15) is 20.2 Å². The van der Waals surface area contributed by atoms with E-state index in [2.05, 4.69) is 0 Å². The second-order valence-corrected chi connectivity index (χ2v) is 3.44. The predicted molar refractivity (Wildman–Crippen MR) is 54.5 cm³/mol. The predicted octanol–water partition coefficient (Wildman–Crippen LogP) is 3.12. The van der Waals surface area contributed by atoms with Crippen molar-refractivity contribution in [1.29, 1.82) is 0 Å². The van der Waals surface area contributed by atoms with E-state index in [4.69, 9.17) is 23.2 Å². The van der Waals surface area contributed by atoms with Gasteiger partial charge in [-0.25, -0.2) is 0 Å². The van der Waals surface area contributed by atoms with E-state index >= 15 is 0 Å². The second-order valence-electron chi connectivity index (χ2n) is 2.68. The van der Waals surface area contributed by atoms with Crippen molar-refractivity contribution in [3.8, 4) is 0 Å². The van der Waals surface area contributed by atoms with Gasteiger partial charge in [-0.05, 0) is 6.92 Å². The highest BCUT2D eigenvalue weighted by atomic mass is 35.5. The van der Waals surface area contributed by atoms with Gasteiger partial charge in [0.15, 0.2) is 0 Å². The van der Waals surface area contributed by atoms with Crippen molar-refractivity contribution in [2.24, 2.45) is 0 Å². The van der Waals surface area contributed by atoms with Crippen LogP contribution in [0.5, 0.6) is 0 Å². The third-order valence-electron chi connectivity index (χ3n) is 1.78. The summed E-state index contributed by atoms with van der Waals surface area (Å²) >= 11 is 11.2. The van der Waals surface area contributed by atoms with Crippen molar-refractivity contribution < 1.29 is 9.85 Å². The fraction of sp³-hybridized carbons (Fsp3) is 0.143. The van der Waals surface area contributed by atoms with Crippen LogP contribution in [-0.2, 0) is 0 Å². The Morgan fingerprint density at radius 2 is 1.40 bits per heavy atom. The van der Waals surface area contributed by atoms with Crippen LogP contribution in [0, 0.1) is 27.2 Å². The van der Waals surface area contributed by atoms with Crippen molar-refractivity contribution in [3.05, 3.63) is 41.9 Å². The third kappa shape index (κ3) is 2.00. The first-order valence-electron chi connectivity index (χ1n) is 3.63. The molecule has 8 heteroatoms. The average Bonchev–Trinajstić information content (AvgIpc) is 2.13. The summed E-state index contributed by atoms with van der Waals surface area (Å²) in [7, 11) is 0. The van der Waals surface area contributed by atoms with Gasteiger partial charge in [-0.2, -0.15) is 0 Å². The van der Waals surface area contributed by atoms with Crippen LogP contribution in [0.2, 0.25) is 10.0 Å². The molecule has 0 aliphatic heterocycles. The molecule has 0 atom stereocenters. The van der Waals surface area contributed by atoms with Gasteiger partial charge in [0.2, 0.25) is 0 Å². The first-order chi connectivity index (χ1) is 6.86.